The van der Waals surface area contributed by atoms with Crippen molar-refractivity contribution in [2.45, 2.75) is 46.1 Å². The molecular weight excluding hydrogens is 222 g/mol. The molecule has 96 valence electrons. The van der Waals surface area contributed by atoms with E-state index in [2.05, 4.69) is 13.0 Å². The molecule has 3 unspecified atom stereocenters. The molecule has 2 rings (SSSR count). The summed E-state index contributed by atoms with van der Waals surface area (Å²) in [6.45, 7) is 6.18. The summed E-state index contributed by atoms with van der Waals surface area (Å²) in [7, 11) is 0. The highest BCUT2D eigenvalue weighted by Crippen LogP contribution is 2.49. The van der Waals surface area contributed by atoms with Gasteiger partial charge in [0.1, 0.15) is 0 Å². The molecule has 1 N–H and O–H groups in total. The van der Waals surface area contributed by atoms with E-state index < -0.39 is 11.5 Å². The van der Waals surface area contributed by atoms with Crippen molar-refractivity contribution in [2.75, 3.05) is 0 Å². The Morgan fingerprint density at radius 1 is 1.44 bits per heavy atom. The molecule has 3 atom stereocenters. The molecule has 0 spiro atoms. The highest BCUT2D eigenvalue weighted by molar-refractivity contribution is 5.34. The van der Waals surface area contributed by atoms with E-state index in [-0.39, 0.29) is 0 Å². The summed E-state index contributed by atoms with van der Waals surface area (Å²) < 4.78 is 0. The molecule has 0 amide bonds. The van der Waals surface area contributed by atoms with Crippen molar-refractivity contribution in [2.24, 2.45) is 11.3 Å². The standard InChI is InChI=1S/C16H21NO/c1-11-4-5-13(3)14(8-11)15(18)16(10-17)7-6-12(2)9-16/h4-5,8,12,15,18H,6-7,9H2,1-3H3. The number of aryl methyl sites for hydroxylation is 2. The summed E-state index contributed by atoms with van der Waals surface area (Å²) in [5.41, 5.74) is 2.54. The second-order valence-electron chi connectivity index (χ2n) is 5.88. The van der Waals surface area contributed by atoms with Crippen molar-refractivity contribution in [1.82, 2.24) is 0 Å². The molecule has 0 radical (unpaired) electrons. The van der Waals surface area contributed by atoms with Gasteiger partial charge in [0.25, 0.3) is 0 Å². The molecule has 2 nitrogen and oxygen atoms in total. The third kappa shape index (κ3) is 2.15. The summed E-state index contributed by atoms with van der Waals surface area (Å²) in [4.78, 5) is 0. The first-order valence-electron chi connectivity index (χ1n) is 6.65. The van der Waals surface area contributed by atoms with Crippen molar-refractivity contribution >= 4 is 0 Å². The van der Waals surface area contributed by atoms with Crippen LogP contribution in [0, 0.1) is 36.5 Å². The highest BCUT2D eigenvalue weighted by atomic mass is 16.3. The molecule has 1 aromatic carbocycles. The topological polar surface area (TPSA) is 44.0 Å². The first-order chi connectivity index (χ1) is 8.48. The zero-order valence-electron chi connectivity index (χ0n) is 11.4. The minimum absolute atomic E-state index is 0.532. The number of aliphatic hydroxyl groups excluding tert-OH is 1. The number of hydrogen-bond acceptors (Lipinski definition) is 2. The fourth-order valence-electron chi connectivity index (χ4n) is 3.09. The Kier molecular flexibility index (Phi) is 3.45. The van der Waals surface area contributed by atoms with Gasteiger partial charge in [-0.05, 0) is 50.2 Å². The molecule has 1 aliphatic carbocycles. The normalized spacial score (nSPS) is 28.9. The number of nitrogens with zero attached hydrogens (tertiary/aromatic N) is 1. The third-order valence-electron chi connectivity index (χ3n) is 4.27. The molecule has 0 saturated heterocycles. The van der Waals surface area contributed by atoms with Crippen molar-refractivity contribution in [3.63, 3.8) is 0 Å². The van der Waals surface area contributed by atoms with Gasteiger partial charge in [0.15, 0.2) is 0 Å². The fraction of sp³-hybridized carbons (Fsp3) is 0.562. The van der Waals surface area contributed by atoms with E-state index in [1.807, 2.05) is 32.0 Å². The molecule has 0 bridgehead atoms. The third-order valence-corrected chi connectivity index (χ3v) is 4.27. The molecule has 1 aliphatic rings. The summed E-state index contributed by atoms with van der Waals surface area (Å²) in [6.07, 6.45) is 1.99. The summed E-state index contributed by atoms with van der Waals surface area (Å²) in [5, 5.41) is 20.2. The van der Waals surface area contributed by atoms with E-state index in [0.717, 1.165) is 36.0 Å². The van der Waals surface area contributed by atoms with E-state index in [4.69, 9.17) is 0 Å². The Labute approximate surface area is 109 Å². The molecule has 18 heavy (non-hydrogen) atoms. The zero-order chi connectivity index (χ0) is 13.3. The van der Waals surface area contributed by atoms with E-state index >= 15 is 0 Å². The van der Waals surface area contributed by atoms with E-state index in [0.29, 0.717) is 5.92 Å². The number of benzene rings is 1. The highest BCUT2D eigenvalue weighted by Gasteiger charge is 2.44. The summed E-state index contributed by atoms with van der Waals surface area (Å²) in [6, 6.07) is 8.49. The maximum atomic E-state index is 10.7. The van der Waals surface area contributed by atoms with Crippen molar-refractivity contribution in [1.29, 1.82) is 5.26 Å². The van der Waals surface area contributed by atoms with Crippen LogP contribution in [0.5, 0.6) is 0 Å². The average molecular weight is 243 g/mol. The van der Waals surface area contributed by atoms with Crippen LogP contribution in [0.15, 0.2) is 18.2 Å². The van der Waals surface area contributed by atoms with Crippen LogP contribution in [-0.4, -0.2) is 5.11 Å². The smallest absolute Gasteiger partial charge is 0.0979 e. The summed E-state index contributed by atoms with van der Waals surface area (Å²) in [5.74, 6) is 0.532. The maximum absolute atomic E-state index is 10.7. The van der Waals surface area contributed by atoms with Gasteiger partial charge in [-0.3, -0.25) is 0 Å². The zero-order valence-corrected chi connectivity index (χ0v) is 11.4. The lowest BCUT2D eigenvalue weighted by molar-refractivity contribution is 0.0641. The lowest BCUT2D eigenvalue weighted by Gasteiger charge is -2.29. The Balaban J connectivity index is 2.38. The quantitative estimate of drug-likeness (QED) is 0.861. The Hall–Kier alpha value is -1.33. The molecule has 0 aliphatic heterocycles. The predicted octanol–water partition coefficient (Wildman–Crippen LogP) is 3.67. The minimum Gasteiger partial charge on any atom is -0.387 e. The van der Waals surface area contributed by atoms with Crippen LogP contribution in [0.3, 0.4) is 0 Å². The Bertz CT molecular complexity index is 488. The second kappa shape index (κ2) is 4.74. The SMILES string of the molecule is Cc1ccc(C)c(C(O)C2(C#N)CCC(C)C2)c1. The molecule has 2 heteroatoms. The Morgan fingerprint density at radius 3 is 2.72 bits per heavy atom. The van der Waals surface area contributed by atoms with Crippen LogP contribution in [0.4, 0.5) is 0 Å². The van der Waals surface area contributed by atoms with Crippen LogP contribution in [0.1, 0.15) is 49.0 Å². The lowest BCUT2D eigenvalue weighted by Crippen LogP contribution is -2.25. The maximum Gasteiger partial charge on any atom is 0.0979 e. The van der Waals surface area contributed by atoms with Crippen LogP contribution >= 0.6 is 0 Å². The van der Waals surface area contributed by atoms with Gasteiger partial charge in [-0.2, -0.15) is 5.26 Å². The van der Waals surface area contributed by atoms with Gasteiger partial charge in [-0.1, -0.05) is 30.7 Å². The molecule has 0 heterocycles. The first-order valence-corrected chi connectivity index (χ1v) is 6.65. The van der Waals surface area contributed by atoms with Crippen LogP contribution in [-0.2, 0) is 0 Å². The largest absolute Gasteiger partial charge is 0.387 e. The van der Waals surface area contributed by atoms with E-state index in [1.165, 1.54) is 0 Å². The second-order valence-corrected chi connectivity index (χ2v) is 5.88. The van der Waals surface area contributed by atoms with Crippen molar-refractivity contribution in [3.8, 4) is 6.07 Å². The van der Waals surface area contributed by atoms with Crippen LogP contribution in [0.25, 0.3) is 0 Å². The number of rotatable bonds is 2. The van der Waals surface area contributed by atoms with Gasteiger partial charge in [0.2, 0.25) is 0 Å². The van der Waals surface area contributed by atoms with Gasteiger partial charge in [0.05, 0.1) is 17.6 Å². The molecule has 1 fully saturated rings. The monoisotopic (exact) mass is 243 g/mol. The van der Waals surface area contributed by atoms with Gasteiger partial charge in [-0.15, -0.1) is 0 Å². The lowest BCUT2D eigenvalue weighted by atomic mass is 9.77. The van der Waals surface area contributed by atoms with Crippen molar-refractivity contribution < 1.29 is 5.11 Å². The first kappa shape index (κ1) is 13.1. The number of aliphatic hydroxyl groups is 1. The van der Waals surface area contributed by atoms with Gasteiger partial charge < -0.3 is 5.11 Å². The van der Waals surface area contributed by atoms with Crippen LogP contribution < -0.4 is 0 Å². The van der Waals surface area contributed by atoms with Crippen molar-refractivity contribution in [3.05, 3.63) is 34.9 Å². The van der Waals surface area contributed by atoms with Gasteiger partial charge in [0, 0.05) is 0 Å². The predicted molar refractivity (Wildman–Crippen MR) is 71.9 cm³/mol. The molecular formula is C16H21NO. The molecule has 1 saturated carbocycles. The summed E-state index contributed by atoms with van der Waals surface area (Å²) >= 11 is 0. The van der Waals surface area contributed by atoms with E-state index in [1.54, 1.807) is 0 Å². The van der Waals surface area contributed by atoms with Gasteiger partial charge >= 0.3 is 0 Å². The van der Waals surface area contributed by atoms with Gasteiger partial charge in [-0.25, -0.2) is 0 Å². The fourth-order valence-corrected chi connectivity index (χ4v) is 3.09. The molecule has 0 aromatic heterocycles. The minimum atomic E-state index is -0.660. The average Bonchev–Trinajstić information content (AvgIpc) is 2.74. The molecule has 1 aromatic rings. The Morgan fingerprint density at radius 2 is 2.17 bits per heavy atom. The van der Waals surface area contributed by atoms with Crippen LogP contribution in [0.2, 0.25) is 0 Å². The van der Waals surface area contributed by atoms with E-state index in [9.17, 15) is 10.4 Å². The number of hydrogen-bond donors (Lipinski definition) is 1. The number of nitriles is 1.